The Morgan fingerprint density at radius 3 is 2.62 bits per heavy atom. The molecule has 3 aliphatic rings. The van der Waals surface area contributed by atoms with Crippen LogP contribution in [-0.2, 0) is 4.74 Å². The molecule has 0 aromatic rings. The summed E-state index contributed by atoms with van der Waals surface area (Å²) < 4.78 is 5.37. The zero-order valence-corrected chi connectivity index (χ0v) is 10.3. The largest absolute Gasteiger partial charge is 0.381 e. The third-order valence-electron chi connectivity index (χ3n) is 4.42. The van der Waals surface area contributed by atoms with Gasteiger partial charge in [-0.2, -0.15) is 0 Å². The molecule has 2 saturated carbocycles. The Bertz CT molecular complexity index is 236. The maximum Gasteiger partial charge on any atom is 0.0601 e. The van der Waals surface area contributed by atoms with E-state index in [4.69, 9.17) is 4.74 Å². The number of nitrogens with one attached hydrogen (secondary N) is 1. The van der Waals surface area contributed by atoms with Crippen LogP contribution >= 0.6 is 0 Å². The molecule has 0 bridgehead atoms. The van der Waals surface area contributed by atoms with E-state index in [0.29, 0.717) is 6.10 Å². The van der Waals surface area contributed by atoms with Crippen LogP contribution < -0.4 is 5.32 Å². The van der Waals surface area contributed by atoms with Crippen LogP contribution in [0.1, 0.15) is 38.5 Å². The Labute approximate surface area is 98.5 Å². The minimum atomic E-state index is 0.543. The minimum Gasteiger partial charge on any atom is -0.381 e. The van der Waals surface area contributed by atoms with Crippen LogP contribution in [0.15, 0.2) is 0 Å². The fraction of sp³-hybridized carbons (Fsp3) is 1.00. The lowest BCUT2D eigenvalue weighted by molar-refractivity contribution is -0.0358. The number of ether oxygens (including phenoxy) is 1. The Morgan fingerprint density at radius 2 is 1.94 bits per heavy atom. The first-order valence-corrected chi connectivity index (χ1v) is 6.88. The molecule has 1 N–H and O–H groups in total. The fourth-order valence-corrected chi connectivity index (χ4v) is 3.09. The third kappa shape index (κ3) is 2.41. The molecule has 0 aromatic heterocycles. The second-order valence-electron chi connectivity index (χ2n) is 5.76. The zero-order chi connectivity index (χ0) is 11.0. The van der Waals surface area contributed by atoms with Crippen molar-refractivity contribution in [2.45, 2.75) is 62.8 Å². The lowest BCUT2D eigenvalue weighted by atomic mass is 9.86. The molecule has 0 radical (unpaired) electrons. The van der Waals surface area contributed by atoms with Gasteiger partial charge >= 0.3 is 0 Å². The molecule has 3 nitrogen and oxygen atoms in total. The van der Waals surface area contributed by atoms with Gasteiger partial charge in [-0.25, -0.2) is 0 Å². The number of likely N-dealkylation sites (tertiary alicyclic amines) is 1. The van der Waals surface area contributed by atoms with Gasteiger partial charge in [-0.3, -0.25) is 4.90 Å². The Morgan fingerprint density at radius 1 is 1.12 bits per heavy atom. The molecule has 16 heavy (non-hydrogen) atoms. The second-order valence-corrected chi connectivity index (χ2v) is 5.76. The maximum atomic E-state index is 5.37. The van der Waals surface area contributed by atoms with Crippen LogP contribution in [-0.4, -0.2) is 49.3 Å². The number of piperidine rings is 1. The van der Waals surface area contributed by atoms with E-state index in [2.05, 4.69) is 10.2 Å². The van der Waals surface area contributed by atoms with E-state index >= 15 is 0 Å². The van der Waals surface area contributed by atoms with Crippen molar-refractivity contribution in [1.82, 2.24) is 10.2 Å². The molecule has 3 rings (SSSR count). The van der Waals surface area contributed by atoms with E-state index in [1.165, 1.54) is 51.6 Å². The molecule has 3 fully saturated rings. The van der Waals surface area contributed by atoms with E-state index in [9.17, 15) is 0 Å². The standard InChI is InChI=1S/C13H24N2O/c1-16-13-7-12(8-13)15-6-2-3-11(9-15)14-10-4-5-10/h10-14H,2-9H2,1H3. The minimum absolute atomic E-state index is 0.543. The van der Waals surface area contributed by atoms with Gasteiger partial charge in [0.25, 0.3) is 0 Å². The molecule has 1 saturated heterocycles. The van der Waals surface area contributed by atoms with E-state index < -0.39 is 0 Å². The maximum absolute atomic E-state index is 5.37. The first-order chi connectivity index (χ1) is 7.85. The highest BCUT2D eigenvalue weighted by molar-refractivity contribution is 4.93. The average molecular weight is 224 g/mol. The van der Waals surface area contributed by atoms with Gasteiger partial charge in [-0.15, -0.1) is 0 Å². The van der Waals surface area contributed by atoms with E-state index in [-0.39, 0.29) is 0 Å². The van der Waals surface area contributed by atoms with E-state index in [1.54, 1.807) is 0 Å². The molecule has 1 heterocycles. The van der Waals surface area contributed by atoms with Gasteiger partial charge in [0, 0.05) is 31.8 Å². The predicted octanol–water partition coefficient (Wildman–Crippen LogP) is 1.38. The molecule has 2 aliphatic carbocycles. The number of nitrogens with zero attached hydrogens (tertiary/aromatic N) is 1. The number of rotatable bonds is 4. The summed E-state index contributed by atoms with van der Waals surface area (Å²) in [6.07, 6.45) is 8.63. The second kappa shape index (κ2) is 4.63. The number of hydrogen-bond acceptors (Lipinski definition) is 3. The molecule has 1 atom stereocenters. The first-order valence-electron chi connectivity index (χ1n) is 6.88. The number of methoxy groups -OCH3 is 1. The molecule has 0 spiro atoms. The van der Waals surface area contributed by atoms with Crippen molar-refractivity contribution in [3.05, 3.63) is 0 Å². The normalized spacial score (nSPS) is 40.7. The van der Waals surface area contributed by atoms with Crippen LogP contribution in [0.5, 0.6) is 0 Å². The van der Waals surface area contributed by atoms with Crippen molar-refractivity contribution >= 4 is 0 Å². The van der Waals surface area contributed by atoms with Crippen molar-refractivity contribution in [2.24, 2.45) is 0 Å². The highest BCUT2D eigenvalue weighted by atomic mass is 16.5. The molecular weight excluding hydrogens is 200 g/mol. The van der Waals surface area contributed by atoms with E-state index in [1.807, 2.05) is 7.11 Å². The van der Waals surface area contributed by atoms with Crippen LogP contribution in [0.25, 0.3) is 0 Å². The Kier molecular flexibility index (Phi) is 3.18. The molecular formula is C13H24N2O. The smallest absolute Gasteiger partial charge is 0.0601 e. The van der Waals surface area contributed by atoms with Crippen molar-refractivity contribution in [2.75, 3.05) is 20.2 Å². The van der Waals surface area contributed by atoms with Crippen LogP contribution in [0.4, 0.5) is 0 Å². The van der Waals surface area contributed by atoms with Gasteiger partial charge in [0.15, 0.2) is 0 Å². The topological polar surface area (TPSA) is 24.5 Å². The van der Waals surface area contributed by atoms with Crippen LogP contribution in [0.2, 0.25) is 0 Å². The monoisotopic (exact) mass is 224 g/mol. The predicted molar refractivity (Wildman–Crippen MR) is 64.6 cm³/mol. The van der Waals surface area contributed by atoms with E-state index in [0.717, 1.165) is 18.1 Å². The summed E-state index contributed by atoms with van der Waals surface area (Å²) in [6, 6.07) is 2.44. The van der Waals surface area contributed by atoms with Crippen LogP contribution in [0.3, 0.4) is 0 Å². The summed E-state index contributed by atoms with van der Waals surface area (Å²) in [6.45, 7) is 2.58. The van der Waals surface area contributed by atoms with Gasteiger partial charge in [0.1, 0.15) is 0 Å². The zero-order valence-electron chi connectivity index (χ0n) is 10.3. The summed E-state index contributed by atoms with van der Waals surface area (Å²) in [5.74, 6) is 0. The van der Waals surface area contributed by atoms with Crippen molar-refractivity contribution in [3.8, 4) is 0 Å². The summed E-state index contributed by atoms with van der Waals surface area (Å²) in [5.41, 5.74) is 0. The molecule has 1 unspecified atom stereocenters. The summed E-state index contributed by atoms with van der Waals surface area (Å²) in [4.78, 5) is 2.69. The fourth-order valence-electron chi connectivity index (χ4n) is 3.09. The van der Waals surface area contributed by atoms with Gasteiger partial charge in [-0.05, 0) is 45.1 Å². The first kappa shape index (κ1) is 11.0. The Balaban J connectivity index is 1.44. The van der Waals surface area contributed by atoms with Gasteiger partial charge in [0.2, 0.25) is 0 Å². The van der Waals surface area contributed by atoms with Crippen molar-refractivity contribution in [1.29, 1.82) is 0 Å². The molecule has 0 amide bonds. The van der Waals surface area contributed by atoms with Gasteiger partial charge < -0.3 is 10.1 Å². The molecule has 1 aliphatic heterocycles. The van der Waals surface area contributed by atoms with Gasteiger partial charge in [-0.1, -0.05) is 0 Å². The third-order valence-corrected chi connectivity index (χ3v) is 4.42. The average Bonchev–Trinajstić information content (AvgIpc) is 3.01. The SMILES string of the molecule is COC1CC(N2CCCC(NC3CC3)C2)C1. The Hall–Kier alpha value is -0.120. The highest BCUT2D eigenvalue weighted by Crippen LogP contribution is 2.30. The summed E-state index contributed by atoms with van der Waals surface area (Å²) in [5, 5.41) is 3.78. The molecule has 0 aromatic carbocycles. The van der Waals surface area contributed by atoms with Crippen molar-refractivity contribution < 1.29 is 4.74 Å². The lowest BCUT2D eigenvalue weighted by Gasteiger charge is -2.45. The van der Waals surface area contributed by atoms with Gasteiger partial charge in [0.05, 0.1) is 6.10 Å². The molecule has 3 heteroatoms. The number of hydrogen-bond donors (Lipinski definition) is 1. The van der Waals surface area contributed by atoms with Crippen molar-refractivity contribution in [3.63, 3.8) is 0 Å². The molecule has 92 valence electrons. The highest BCUT2D eigenvalue weighted by Gasteiger charge is 2.36. The summed E-state index contributed by atoms with van der Waals surface area (Å²) >= 11 is 0. The lowest BCUT2D eigenvalue weighted by Crippen LogP contribution is -2.55. The summed E-state index contributed by atoms with van der Waals surface area (Å²) in [7, 11) is 1.84. The van der Waals surface area contributed by atoms with Crippen LogP contribution in [0, 0.1) is 0 Å². The quantitative estimate of drug-likeness (QED) is 0.781.